The van der Waals surface area contributed by atoms with Crippen LogP contribution in [0, 0.1) is 5.82 Å². The second kappa shape index (κ2) is 7.91. The summed E-state index contributed by atoms with van der Waals surface area (Å²) in [6.07, 6.45) is 0.638. The minimum atomic E-state index is -0.159. The quantitative estimate of drug-likeness (QED) is 0.845. The highest BCUT2D eigenvalue weighted by atomic mass is 19.1. The van der Waals surface area contributed by atoms with E-state index in [1.807, 2.05) is 30.3 Å². The molecular formula is C18H22FNO. The Hall–Kier alpha value is -1.71. The van der Waals surface area contributed by atoms with E-state index in [9.17, 15) is 9.50 Å². The Labute approximate surface area is 125 Å². The predicted molar refractivity (Wildman–Crippen MR) is 83.5 cm³/mol. The first-order valence-electron chi connectivity index (χ1n) is 7.33. The van der Waals surface area contributed by atoms with Crippen LogP contribution in [0.15, 0.2) is 54.6 Å². The Bertz CT molecular complexity index is 544. The normalized spacial score (nSPS) is 12.6. The predicted octanol–water partition coefficient (Wildman–Crippen LogP) is 3.25. The molecule has 2 rings (SSSR count). The lowest BCUT2D eigenvalue weighted by molar-refractivity contribution is 0.150. The van der Waals surface area contributed by atoms with E-state index in [1.54, 1.807) is 6.07 Å². The van der Waals surface area contributed by atoms with Crippen LogP contribution >= 0.6 is 0 Å². The van der Waals surface area contributed by atoms with Crippen molar-refractivity contribution in [2.45, 2.75) is 25.9 Å². The van der Waals surface area contributed by atoms with Crippen molar-refractivity contribution in [3.63, 3.8) is 0 Å². The van der Waals surface area contributed by atoms with Crippen molar-refractivity contribution in [2.75, 3.05) is 13.2 Å². The number of aliphatic hydroxyl groups excluding tert-OH is 1. The van der Waals surface area contributed by atoms with Crippen LogP contribution < -0.4 is 0 Å². The molecule has 0 heterocycles. The van der Waals surface area contributed by atoms with E-state index in [0.717, 1.165) is 12.1 Å². The fourth-order valence-electron chi connectivity index (χ4n) is 2.51. The zero-order chi connectivity index (χ0) is 15.1. The molecule has 0 amide bonds. The van der Waals surface area contributed by atoms with Crippen LogP contribution in [0.3, 0.4) is 0 Å². The average Bonchev–Trinajstić information content (AvgIpc) is 2.50. The molecule has 0 unspecified atom stereocenters. The van der Waals surface area contributed by atoms with Crippen molar-refractivity contribution in [1.29, 1.82) is 0 Å². The monoisotopic (exact) mass is 287 g/mol. The molecule has 0 spiro atoms. The van der Waals surface area contributed by atoms with E-state index in [0.29, 0.717) is 13.0 Å². The smallest absolute Gasteiger partial charge is 0.126 e. The molecule has 0 bridgehead atoms. The summed E-state index contributed by atoms with van der Waals surface area (Å²) < 4.78 is 13.8. The second-order valence-corrected chi connectivity index (χ2v) is 5.32. The minimum Gasteiger partial charge on any atom is -0.395 e. The van der Waals surface area contributed by atoms with E-state index >= 15 is 0 Å². The number of halogens is 1. The lowest BCUT2D eigenvalue weighted by atomic mass is 10.0. The van der Waals surface area contributed by atoms with E-state index < -0.39 is 0 Å². The van der Waals surface area contributed by atoms with Gasteiger partial charge < -0.3 is 5.11 Å². The number of hydrogen-bond donors (Lipinski definition) is 1. The third-order valence-corrected chi connectivity index (χ3v) is 3.71. The van der Waals surface area contributed by atoms with Gasteiger partial charge >= 0.3 is 0 Å². The highest BCUT2D eigenvalue weighted by molar-refractivity contribution is 5.19. The van der Waals surface area contributed by atoms with Gasteiger partial charge in [-0.05, 0) is 30.5 Å². The fraction of sp³-hybridized carbons (Fsp3) is 0.333. The third-order valence-electron chi connectivity index (χ3n) is 3.71. The summed E-state index contributed by atoms with van der Waals surface area (Å²) in [6.45, 7) is 3.53. The van der Waals surface area contributed by atoms with Gasteiger partial charge in [0.15, 0.2) is 0 Å². The Morgan fingerprint density at radius 3 is 2.38 bits per heavy atom. The highest BCUT2D eigenvalue weighted by Crippen LogP contribution is 2.15. The Morgan fingerprint density at radius 1 is 1.05 bits per heavy atom. The van der Waals surface area contributed by atoms with Gasteiger partial charge in [-0.15, -0.1) is 0 Å². The molecule has 2 nitrogen and oxygen atoms in total. The average molecular weight is 287 g/mol. The molecule has 112 valence electrons. The van der Waals surface area contributed by atoms with Gasteiger partial charge in [-0.3, -0.25) is 4.90 Å². The van der Waals surface area contributed by atoms with Crippen molar-refractivity contribution in [2.24, 2.45) is 0 Å². The Morgan fingerprint density at radius 2 is 1.71 bits per heavy atom. The molecule has 2 aromatic rings. The summed E-state index contributed by atoms with van der Waals surface area (Å²) in [6, 6.07) is 17.2. The SMILES string of the molecule is C[C@H](Cc1ccccc1F)N(CCO)Cc1ccccc1. The van der Waals surface area contributed by atoms with Gasteiger partial charge in [0.1, 0.15) is 5.82 Å². The van der Waals surface area contributed by atoms with E-state index in [4.69, 9.17) is 0 Å². The van der Waals surface area contributed by atoms with Gasteiger partial charge in [0.05, 0.1) is 6.61 Å². The summed E-state index contributed by atoms with van der Waals surface area (Å²) in [5, 5.41) is 9.27. The van der Waals surface area contributed by atoms with E-state index in [2.05, 4.69) is 24.0 Å². The van der Waals surface area contributed by atoms with Crippen LogP contribution in [0.1, 0.15) is 18.1 Å². The molecule has 3 heteroatoms. The van der Waals surface area contributed by atoms with E-state index in [1.165, 1.54) is 11.6 Å². The van der Waals surface area contributed by atoms with Gasteiger partial charge in [-0.25, -0.2) is 4.39 Å². The lowest BCUT2D eigenvalue weighted by Gasteiger charge is -2.28. The molecule has 0 aliphatic heterocycles. The molecule has 0 saturated heterocycles. The minimum absolute atomic E-state index is 0.106. The van der Waals surface area contributed by atoms with Crippen molar-refractivity contribution in [3.8, 4) is 0 Å². The standard InChI is InChI=1S/C18H22FNO/c1-15(13-17-9-5-6-10-18(17)19)20(11-12-21)14-16-7-3-2-4-8-16/h2-10,15,21H,11-14H2,1H3/t15-/m1/s1. The fourth-order valence-corrected chi connectivity index (χ4v) is 2.51. The summed E-state index contributed by atoms with van der Waals surface area (Å²) in [7, 11) is 0. The Kier molecular flexibility index (Phi) is 5.90. The van der Waals surface area contributed by atoms with Crippen molar-refractivity contribution in [3.05, 3.63) is 71.5 Å². The summed E-state index contributed by atoms with van der Waals surface area (Å²) in [5.41, 5.74) is 1.92. The zero-order valence-electron chi connectivity index (χ0n) is 12.4. The van der Waals surface area contributed by atoms with Crippen LogP contribution in [0.5, 0.6) is 0 Å². The molecule has 1 N–H and O–H groups in total. The molecule has 0 fully saturated rings. The van der Waals surface area contributed by atoms with Crippen LogP contribution in [-0.2, 0) is 13.0 Å². The van der Waals surface area contributed by atoms with Crippen LogP contribution in [0.25, 0.3) is 0 Å². The molecule has 1 atom stereocenters. The zero-order valence-corrected chi connectivity index (χ0v) is 12.4. The molecule has 0 aliphatic rings. The summed E-state index contributed by atoms with van der Waals surface area (Å²) in [4.78, 5) is 2.18. The third kappa shape index (κ3) is 4.66. The maximum Gasteiger partial charge on any atom is 0.126 e. The molecule has 2 aromatic carbocycles. The lowest BCUT2D eigenvalue weighted by Crippen LogP contribution is -2.36. The molecule has 0 saturated carbocycles. The second-order valence-electron chi connectivity index (χ2n) is 5.32. The van der Waals surface area contributed by atoms with Crippen molar-refractivity contribution < 1.29 is 9.50 Å². The van der Waals surface area contributed by atoms with Gasteiger partial charge in [0.2, 0.25) is 0 Å². The maximum atomic E-state index is 13.8. The number of hydrogen-bond acceptors (Lipinski definition) is 2. The van der Waals surface area contributed by atoms with Gasteiger partial charge in [0, 0.05) is 19.1 Å². The first-order valence-corrected chi connectivity index (χ1v) is 7.33. The van der Waals surface area contributed by atoms with Gasteiger partial charge in [-0.1, -0.05) is 48.5 Å². The molecular weight excluding hydrogens is 265 g/mol. The first kappa shape index (κ1) is 15.7. The topological polar surface area (TPSA) is 23.5 Å². The van der Waals surface area contributed by atoms with Gasteiger partial charge in [0.25, 0.3) is 0 Å². The first-order chi connectivity index (χ1) is 10.2. The maximum absolute atomic E-state index is 13.8. The van der Waals surface area contributed by atoms with Crippen LogP contribution in [0.2, 0.25) is 0 Å². The summed E-state index contributed by atoms with van der Waals surface area (Å²) in [5.74, 6) is -0.159. The number of rotatable bonds is 7. The summed E-state index contributed by atoms with van der Waals surface area (Å²) >= 11 is 0. The molecule has 0 aliphatic carbocycles. The largest absolute Gasteiger partial charge is 0.395 e. The number of aliphatic hydroxyl groups is 1. The number of benzene rings is 2. The van der Waals surface area contributed by atoms with Crippen molar-refractivity contribution in [1.82, 2.24) is 4.90 Å². The molecule has 0 radical (unpaired) electrons. The number of nitrogens with zero attached hydrogens (tertiary/aromatic N) is 1. The van der Waals surface area contributed by atoms with Gasteiger partial charge in [-0.2, -0.15) is 0 Å². The molecule has 21 heavy (non-hydrogen) atoms. The highest BCUT2D eigenvalue weighted by Gasteiger charge is 2.15. The van der Waals surface area contributed by atoms with Crippen LogP contribution in [0.4, 0.5) is 4.39 Å². The Balaban J connectivity index is 2.05. The molecule has 0 aromatic heterocycles. The van der Waals surface area contributed by atoms with Crippen molar-refractivity contribution >= 4 is 0 Å². The van der Waals surface area contributed by atoms with Crippen LogP contribution in [-0.4, -0.2) is 29.2 Å². The van der Waals surface area contributed by atoms with E-state index in [-0.39, 0.29) is 18.5 Å².